The minimum absolute atomic E-state index is 0.0590. The Hall–Kier alpha value is -2.15. The summed E-state index contributed by atoms with van der Waals surface area (Å²) < 4.78 is 0. The molecule has 4 nitrogen and oxygen atoms in total. The third-order valence-electron chi connectivity index (χ3n) is 1.78. The average Bonchev–Trinajstić information content (AvgIpc) is 2.18. The van der Waals surface area contributed by atoms with E-state index in [-0.39, 0.29) is 18.2 Å². The lowest BCUT2D eigenvalue weighted by atomic mass is 10.1. The van der Waals surface area contributed by atoms with Crippen molar-refractivity contribution >= 4 is 17.4 Å². The summed E-state index contributed by atoms with van der Waals surface area (Å²) in [4.78, 5) is 25.1. The Morgan fingerprint density at radius 3 is 2.80 bits per heavy atom. The normalized spacial score (nSPS) is 9.07. The van der Waals surface area contributed by atoms with Gasteiger partial charge in [-0.05, 0) is 19.1 Å². The summed E-state index contributed by atoms with van der Waals surface area (Å²) in [6.07, 6.45) is 0. The van der Waals surface area contributed by atoms with Gasteiger partial charge in [0.05, 0.1) is 0 Å². The summed E-state index contributed by atoms with van der Waals surface area (Å²) in [6.45, 7) is 7.77. The van der Waals surface area contributed by atoms with Gasteiger partial charge in [-0.15, -0.1) is 0 Å². The molecular formula is C11H10N2O2. The van der Waals surface area contributed by atoms with Crippen LogP contribution in [0.25, 0.3) is 4.85 Å². The van der Waals surface area contributed by atoms with Crippen LogP contribution in [0.1, 0.15) is 17.3 Å². The van der Waals surface area contributed by atoms with Crippen LogP contribution in [-0.4, -0.2) is 18.2 Å². The maximum Gasteiger partial charge on any atom is 0.304 e. The van der Waals surface area contributed by atoms with Crippen molar-refractivity contribution in [1.82, 2.24) is 0 Å². The number of rotatable bonds is 3. The molecule has 0 unspecified atom stereocenters. The van der Waals surface area contributed by atoms with E-state index >= 15 is 0 Å². The highest BCUT2D eigenvalue weighted by atomic mass is 16.1. The number of nitrogens with one attached hydrogen (secondary N) is 1. The zero-order chi connectivity index (χ0) is 11.3. The van der Waals surface area contributed by atoms with Crippen LogP contribution in [0, 0.1) is 6.57 Å². The summed E-state index contributed by atoms with van der Waals surface area (Å²) in [5, 5.41) is 2.53. The molecule has 0 aliphatic heterocycles. The number of hydrogen-bond donors (Lipinski definition) is 1. The molecule has 0 radical (unpaired) electrons. The molecular weight excluding hydrogens is 192 g/mol. The van der Waals surface area contributed by atoms with Crippen molar-refractivity contribution in [1.29, 1.82) is 0 Å². The molecule has 0 aliphatic carbocycles. The molecule has 1 aromatic rings. The lowest BCUT2D eigenvalue weighted by Gasteiger charge is -2.02. The second kappa shape index (κ2) is 4.91. The van der Waals surface area contributed by atoms with Gasteiger partial charge in [-0.25, -0.2) is 6.57 Å². The van der Waals surface area contributed by atoms with Crippen LogP contribution >= 0.6 is 0 Å². The molecule has 0 saturated heterocycles. The number of Topliss-reactive ketones (excluding diaryl/α,β-unsaturated/α-hetero) is 1. The van der Waals surface area contributed by atoms with Crippen molar-refractivity contribution < 1.29 is 9.59 Å². The standard InChI is InChI=1S/C11H10N2O2/c1-8(14)9-4-3-5-10(6-9)13-11(15)7-12-2/h3-6H,7H2,1H3,(H,13,15). The van der Waals surface area contributed by atoms with E-state index in [1.807, 2.05) is 0 Å². The highest BCUT2D eigenvalue weighted by molar-refractivity contribution is 5.97. The van der Waals surface area contributed by atoms with Crippen molar-refractivity contribution in [2.24, 2.45) is 0 Å². The van der Waals surface area contributed by atoms with Gasteiger partial charge in [-0.2, -0.15) is 0 Å². The van der Waals surface area contributed by atoms with Crippen LogP contribution < -0.4 is 5.32 Å². The highest BCUT2D eigenvalue weighted by Gasteiger charge is 2.05. The molecule has 0 aliphatic rings. The predicted octanol–water partition coefficient (Wildman–Crippen LogP) is 1.75. The zero-order valence-electron chi connectivity index (χ0n) is 8.28. The first kappa shape index (κ1) is 10.9. The maximum absolute atomic E-state index is 11.1. The SMILES string of the molecule is [C-]#[N+]CC(=O)Nc1cccc(C(C)=O)c1. The largest absolute Gasteiger partial charge is 0.320 e. The monoisotopic (exact) mass is 202 g/mol. The molecule has 0 saturated carbocycles. The first-order valence-electron chi connectivity index (χ1n) is 4.37. The Bertz CT molecular complexity index is 432. The van der Waals surface area contributed by atoms with Gasteiger partial charge >= 0.3 is 5.91 Å². The fourth-order valence-electron chi connectivity index (χ4n) is 1.09. The highest BCUT2D eigenvalue weighted by Crippen LogP contribution is 2.10. The molecule has 0 spiro atoms. The van der Waals surface area contributed by atoms with E-state index in [9.17, 15) is 9.59 Å². The van der Waals surface area contributed by atoms with E-state index in [1.54, 1.807) is 24.3 Å². The molecule has 0 atom stereocenters. The molecule has 1 amide bonds. The summed E-state index contributed by atoms with van der Waals surface area (Å²) in [5.74, 6) is -0.429. The third kappa shape index (κ3) is 3.24. The van der Waals surface area contributed by atoms with Gasteiger partial charge in [-0.3, -0.25) is 9.59 Å². The van der Waals surface area contributed by atoms with E-state index in [0.717, 1.165) is 0 Å². The minimum Gasteiger partial charge on any atom is -0.320 e. The van der Waals surface area contributed by atoms with E-state index in [0.29, 0.717) is 11.3 Å². The Morgan fingerprint density at radius 2 is 2.20 bits per heavy atom. The van der Waals surface area contributed by atoms with Crippen LogP contribution in [0.5, 0.6) is 0 Å². The predicted molar refractivity (Wildman–Crippen MR) is 56.5 cm³/mol. The van der Waals surface area contributed by atoms with E-state index in [1.165, 1.54) is 6.92 Å². The number of ketones is 1. The van der Waals surface area contributed by atoms with Crippen molar-refractivity contribution in [2.45, 2.75) is 6.92 Å². The van der Waals surface area contributed by atoms with Crippen LogP contribution in [0.3, 0.4) is 0 Å². The molecule has 0 aromatic heterocycles. The first-order valence-corrected chi connectivity index (χ1v) is 4.37. The molecule has 0 fully saturated rings. The molecule has 1 rings (SSSR count). The van der Waals surface area contributed by atoms with Crippen LogP contribution in [-0.2, 0) is 4.79 Å². The van der Waals surface area contributed by atoms with Crippen molar-refractivity contribution in [3.63, 3.8) is 0 Å². The van der Waals surface area contributed by atoms with Gasteiger partial charge in [0.1, 0.15) is 0 Å². The number of carbonyl (C=O) groups is 2. The number of benzene rings is 1. The number of amides is 1. The number of nitrogens with zero attached hydrogens (tertiary/aromatic N) is 1. The van der Waals surface area contributed by atoms with E-state index in [4.69, 9.17) is 6.57 Å². The van der Waals surface area contributed by atoms with Gasteiger partial charge in [0.25, 0.3) is 6.54 Å². The quantitative estimate of drug-likeness (QED) is 0.599. The molecule has 1 aromatic carbocycles. The zero-order valence-corrected chi connectivity index (χ0v) is 8.28. The number of carbonyl (C=O) groups excluding carboxylic acids is 2. The number of hydrogen-bond acceptors (Lipinski definition) is 2. The summed E-state index contributed by atoms with van der Waals surface area (Å²) in [7, 11) is 0. The summed E-state index contributed by atoms with van der Waals surface area (Å²) >= 11 is 0. The van der Waals surface area contributed by atoms with Crippen LogP contribution in [0.4, 0.5) is 5.69 Å². The molecule has 0 heterocycles. The fourth-order valence-corrected chi connectivity index (χ4v) is 1.09. The second-order valence-electron chi connectivity index (χ2n) is 3.00. The first-order chi connectivity index (χ1) is 7.13. The molecule has 76 valence electrons. The van der Waals surface area contributed by atoms with Gasteiger partial charge < -0.3 is 10.2 Å². The molecule has 4 heteroatoms. The van der Waals surface area contributed by atoms with Crippen molar-refractivity contribution in [3.05, 3.63) is 41.2 Å². The molecule has 1 N–H and O–H groups in total. The smallest absolute Gasteiger partial charge is 0.304 e. The molecule has 0 bridgehead atoms. The Morgan fingerprint density at radius 1 is 1.47 bits per heavy atom. The van der Waals surface area contributed by atoms with Crippen LogP contribution in [0.15, 0.2) is 24.3 Å². The van der Waals surface area contributed by atoms with Gasteiger partial charge in [0.15, 0.2) is 5.78 Å². The van der Waals surface area contributed by atoms with Crippen molar-refractivity contribution in [2.75, 3.05) is 11.9 Å². The molecule has 15 heavy (non-hydrogen) atoms. The maximum atomic E-state index is 11.1. The summed E-state index contributed by atoms with van der Waals surface area (Å²) in [5.41, 5.74) is 1.08. The van der Waals surface area contributed by atoms with E-state index in [2.05, 4.69) is 10.2 Å². The van der Waals surface area contributed by atoms with E-state index < -0.39 is 0 Å². The van der Waals surface area contributed by atoms with Crippen LogP contribution in [0.2, 0.25) is 0 Å². The van der Waals surface area contributed by atoms with Gasteiger partial charge in [0.2, 0.25) is 0 Å². The van der Waals surface area contributed by atoms with Gasteiger partial charge in [0, 0.05) is 11.3 Å². The fraction of sp³-hybridized carbons (Fsp3) is 0.182. The average molecular weight is 202 g/mol. The number of anilines is 1. The Kier molecular flexibility index (Phi) is 3.58. The Balaban J connectivity index is 2.79. The lowest BCUT2D eigenvalue weighted by Crippen LogP contribution is -2.13. The second-order valence-corrected chi connectivity index (χ2v) is 3.00. The minimum atomic E-state index is -0.370. The topological polar surface area (TPSA) is 50.5 Å². The van der Waals surface area contributed by atoms with Crippen molar-refractivity contribution in [3.8, 4) is 0 Å². The van der Waals surface area contributed by atoms with Gasteiger partial charge in [-0.1, -0.05) is 12.1 Å². The lowest BCUT2D eigenvalue weighted by molar-refractivity contribution is -0.114. The Labute approximate surface area is 87.7 Å². The summed E-state index contributed by atoms with van der Waals surface area (Å²) in [6, 6.07) is 6.62. The third-order valence-corrected chi connectivity index (χ3v) is 1.78.